The first-order valence-corrected chi connectivity index (χ1v) is 15.6. The van der Waals surface area contributed by atoms with E-state index in [1.165, 1.54) is 6.33 Å². The van der Waals surface area contributed by atoms with Crippen molar-refractivity contribution in [1.82, 2.24) is 19.5 Å². The van der Waals surface area contributed by atoms with Crippen molar-refractivity contribution in [3.8, 4) is 11.5 Å². The number of methoxy groups -OCH3 is 2. The van der Waals surface area contributed by atoms with E-state index in [4.69, 9.17) is 18.9 Å². The fourth-order valence-corrected chi connectivity index (χ4v) is 6.07. The molecule has 7 rings (SSSR count). The van der Waals surface area contributed by atoms with Gasteiger partial charge < -0.3 is 24.3 Å². The van der Waals surface area contributed by atoms with Crippen LogP contribution in [0.3, 0.4) is 0 Å². The molecule has 241 valence electrons. The molecule has 2 atom stereocenters. The summed E-state index contributed by atoms with van der Waals surface area (Å²) in [5, 5.41) is 2.86. The van der Waals surface area contributed by atoms with Crippen LogP contribution in [-0.4, -0.2) is 52.4 Å². The third kappa shape index (κ3) is 5.99. The molecule has 1 N–H and O–H groups in total. The minimum atomic E-state index is -0.962. The van der Waals surface area contributed by atoms with Crippen molar-refractivity contribution in [2.45, 2.75) is 24.4 Å². The number of amides is 1. The highest BCUT2D eigenvalue weighted by molar-refractivity contribution is 6.06. The van der Waals surface area contributed by atoms with Gasteiger partial charge in [-0.05, 0) is 65.9 Å². The zero-order valence-electron chi connectivity index (χ0n) is 26.5. The summed E-state index contributed by atoms with van der Waals surface area (Å²) < 4.78 is 26.4. The molecule has 0 bridgehead atoms. The molecule has 3 heterocycles. The number of fused-ring (bicyclic) bond motifs is 1. The number of nitrogens with one attached hydrogen (secondary N) is 1. The Balaban J connectivity index is 1.15. The third-order valence-electron chi connectivity index (χ3n) is 8.51. The number of benzene rings is 4. The summed E-state index contributed by atoms with van der Waals surface area (Å²) >= 11 is 0. The minimum absolute atomic E-state index is 0.267. The average molecular weight is 641 g/mol. The first kappa shape index (κ1) is 31.0. The van der Waals surface area contributed by atoms with E-state index in [-0.39, 0.29) is 24.8 Å². The van der Waals surface area contributed by atoms with Crippen LogP contribution < -0.4 is 14.8 Å². The fraction of sp³-hybridized carbons (Fsp3) is 0.184. The summed E-state index contributed by atoms with van der Waals surface area (Å²) in [7, 11) is 3.31. The number of hydrogen-bond donors (Lipinski definition) is 1. The SMILES string of the molecule is COc1ccc(C(OC[C@H]2[CH]C[C@H](n3cnc4c(NC(=O)c5ccccc5)ncnc43)O2)(c2ccccc2)c2ccc(OC)cc2)cc1. The molecule has 10 nitrogen and oxygen atoms in total. The number of anilines is 1. The van der Waals surface area contributed by atoms with E-state index < -0.39 is 5.60 Å². The maximum absolute atomic E-state index is 12.8. The van der Waals surface area contributed by atoms with Crippen molar-refractivity contribution in [3.05, 3.63) is 151 Å². The lowest BCUT2D eigenvalue weighted by atomic mass is 9.80. The maximum Gasteiger partial charge on any atom is 0.256 e. The number of carbonyl (C=O) groups excluding carboxylic acids is 1. The van der Waals surface area contributed by atoms with E-state index in [0.29, 0.717) is 29.0 Å². The summed E-state index contributed by atoms with van der Waals surface area (Å²) in [5.41, 5.74) is 3.45. The van der Waals surface area contributed by atoms with Crippen LogP contribution in [0.1, 0.15) is 39.7 Å². The number of ether oxygens (including phenoxy) is 4. The van der Waals surface area contributed by atoms with Gasteiger partial charge in [-0.1, -0.05) is 72.8 Å². The normalized spacial score (nSPS) is 16.1. The third-order valence-corrected chi connectivity index (χ3v) is 8.51. The lowest BCUT2D eigenvalue weighted by Gasteiger charge is -2.37. The van der Waals surface area contributed by atoms with Crippen molar-refractivity contribution in [2.24, 2.45) is 0 Å². The molecule has 1 aliphatic rings. The van der Waals surface area contributed by atoms with E-state index in [9.17, 15) is 4.79 Å². The van der Waals surface area contributed by atoms with Gasteiger partial charge in [0.15, 0.2) is 17.0 Å². The van der Waals surface area contributed by atoms with E-state index in [1.54, 1.807) is 32.7 Å². The topological polar surface area (TPSA) is 110 Å². The van der Waals surface area contributed by atoms with Crippen LogP contribution in [0, 0.1) is 6.42 Å². The number of aromatic nitrogens is 4. The minimum Gasteiger partial charge on any atom is -0.497 e. The second-order valence-corrected chi connectivity index (χ2v) is 11.3. The molecule has 1 fully saturated rings. The number of hydrogen-bond acceptors (Lipinski definition) is 8. The van der Waals surface area contributed by atoms with E-state index in [0.717, 1.165) is 28.2 Å². The van der Waals surface area contributed by atoms with Gasteiger partial charge in [-0.15, -0.1) is 0 Å². The Kier molecular flexibility index (Phi) is 8.82. The van der Waals surface area contributed by atoms with Gasteiger partial charge in [0.1, 0.15) is 29.7 Å². The summed E-state index contributed by atoms with van der Waals surface area (Å²) in [4.78, 5) is 26.1. The van der Waals surface area contributed by atoms with Gasteiger partial charge in [0, 0.05) is 5.56 Å². The Morgan fingerprint density at radius 2 is 1.42 bits per heavy atom. The molecule has 0 spiro atoms. The van der Waals surface area contributed by atoms with Gasteiger partial charge in [0.05, 0.1) is 33.3 Å². The van der Waals surface area contributed by atoms with Crippen molar-refractivity contribution in [1.29, 1.82) is 0 Å². The predicted molar refractivity (Wildman–Crippen MR) is 181 cm³/mol. The molecule has 1 saturated heterocycles. The van der Waals surface area contributed by atoms with Crippen molar-refractivity contribution in [2.75, 3.05) is 26.1 Å². The number of carbonyl (C=O) groups is 1. The molecule has 1 radical (unpaired) electrons. The first-order valence-electron chi connectivity index (χ1n) is 15.6. The standard InChI is InChI=1S/C38H34N5O5/c1-45-30-17-13-28(14-18-30)38(27-11-7-4-8-12-27,29-15-19-31(46-2)20-16-29)47-23-32-21-22-33(48-32)43-25-41-34-35(39-24-40-36(34)43)42-37(44)26-9-5-3-6-10-26/h3-21,24-25,32-33H,22-23H2,1-2H3,(H,39,40,42,44)/t32-,33-/m1/s1. The molecular formula is C38H34N5O5. The molecule has 4 aromatic carbocycles. The zero-order chi connectivity index (χ0) is 32.9. The lowest BCUT2D eigenvalue weighted by Crippen LogP contribution is -2.35. The Morgan fingerprint density at radius 3 is 2.04 bits per heavy atom. The highest BCUT2D eigenvalue weighted by atomic mass is 16.6. The smallest absolute Gasteiger partial charge is 0.256 e. The second-order valence-electron chi connectivity index (χ2n) is 11.3. The van der Waals surface area contributed by atoms with E-state index >= 15 is 0 Å². The molecule has 1 amide bonds. The molecule has 2 aromatic heterocycles. The Hall–Kier alpha value is -5.58. The van der Waals surface area contributed by atoms with Crippen molar-refractivity contribution >= 4 is 22.9 Å². The van der Waals surface area contributed by atoms with Crippen LogP contribution in [0.15, 0.2) is 122 Å². The molecule has 6 aromatic rings. The molecular weight excluding hydrogens is 606 g/mol. The second kappa shape index (κ2) is 13.6. The van der Waals surface area contributed by atoms with Gasteiger partial charge in [0.25, 0.3) is 5.91 Å². The quantitative estimate of drug-likeness (QED) is 0.158. The largest absolute Gasteiger partial charge is 0.497 e. The number of rotatable bonds is 11. The Labute approximate surface area is 278 Å². The van der Waals surface area contributed by atoms with Gasteiger partial charge in [-0.3, -0.25) is 9.36 Å². The van der Waals surface area contributed by atoms with Crippen LogP contribution in [-0.2, 0) is 15.1 Å². The Bertz CT molecular complexity index is 1930. The van der Waals surface area contributed by atoms with Crippen molar-refractivity contribution in [3.63, 3.8) is 0 Å². The lowest BCUT2D eigenvalue weighted by molar-refractivity contribution is -0.0702. The van der Waals surface area contributed by atoms with Gasteiger partial charge in [0.2, 0.25) is 0 Å². The van der Waals surface area contributed by atoms with E-state index in [2.05, 4.69) is 38.8 Å². The monoisotopic (exact) mass is 640 g/mol. The molecule has 0 unspecified atom stereocenters. The maximum atomic E-state index is 12.8. The summed E-state index contributed by atoms with van der Waals surface area (Å²) in [5.74, 6) is 1.57. The predicted octanol–water partition coefficient (Wildman–Crippen LogP) is 6.60. The van der Waals surface area contributed by atoms with Gasteiger partial charge >= 0.3 is 0 Å². The summed E-state index contributed by atoms with van der Waals surface area (Å²) in [6.07, 6.45) is 5.10. The highest BCUT2D eigenvalue weighted by Gasteiger charge is 2.40. The first-order chi connectivity index (χ1) is 23.6. The molecule has 10 heteroatoms. The van der Waals surface area contributed by atoms with Crippen LogP contribution in [0.2, 0.25) is 0 Å². The van der Waals surface area contributed by atoms with Gasteiger partial charge in [-0.25, -0.2) is 15.0 Å². The van der Waals surface area contributed by atoms with Crippen LogP contribution in [0.4, 0.5) is 5.82 Å². The Morgan fingerprint density at radius 1 is 0.812 bits per heavy atom. The average Bonchev–Trinajstić information content (AvgIpc) is 3.81. The molecule has 48 heavy (non-hydrogen) atoms. The summed E-state index contributed by atoms with van der Waals surface area (Å²) in [6.45, 7) is 0.267. The molecule has 1 aliphatic heterocycles. The zero-order valence-corrected chi connectivity index (χ0v) is 26.5. The van der Waals surface area contributed by atoms with Crippen molar-refractivity contribution < 1.29 is 23.7 Å². The number of imidazole rings is 1. The van der Waals surface area contributed by atoms with Crippen LogP contribution >= 0.6 is 0 Å². The fourth-order valence-electron chi connectivity index (χ4n) is 6.07. The van der Waals surface area contributed by atoms with Crippen LogP contribution in [0.5, 0.6) is 11.5 Å². The van der Waals surface area contributed by atoms with Gasteiger partial charge in [-0.2, -0.15) is 0 Å². The highest BCUT2D eigenvalue weighted by Crippen LogP contribution is 2.43. The van der Waals surface area contributed by atoms with E-state index in [1.807, 2.05) is 89.5 Å². The molecule has 0 saturated carbocycles. The molecule has 0 aliphatic carbocycles. The van der Waals surface area contributed by atoms with Crippen LogP contribution in [0.25, 0.3) is 11.2 Å². The summed E-state index contributed by atoms with van der Waals surface area (Å²) in [6, 6.07) is 35.0. The number of nitrogens with zero attached hydrogens (tertiary/aromatic N) is 4.